The van der Waals surface area contributed by atoms with E-state index in [0.29, 0.717) is 11.5 Å². The Labute approximate surface area is 111 Å². The highest BCUT2D eigenvalue weighted by molar-refractivity contribution is 5.09. The molecule has 2 unspecified atom stereocenters. The fourth-order valence-electron chi connectivity index (χ4n) is 3.55. The first kappa shape index (κ1) is 13.7. The molecule has 0 spiro atoms. The Morgan fingerprint density at radius 1 is 1.44 bits per heavy atom. The van der Waals surface area contributed by atoms with Crippen LogP contribution in [0.2, 0.25) is 0 Å². The van der Waals surface area contributed by atoms with Crippen molar-refractivity contribution in [2.24, 2.45) is 11.3 Å². The summed E-state index contributed by atoms with van der Waals surface area (Å²) >= 11 is 0. The molecule has 2 rings (SSSR count). The lowest BCUT2D eigenvalue weighted by atomic mass is 9.65. The monoisotopic (exact) mass is 249 g/mol. The number of rotatable bonds is 5. The van der Waals surface area contributed by atoms with E-state index in [2.05, 4.69) is 32.2 Å². The summed E-state index contributed by atoms with van der Waals surface area (Å²) < 4.78 is 5.21. The zero-order valence-corrected chi connectivity index (χ0v) is 12.0. The Hall–Kier alpha value is -0.760. The van der Waals surface area contributed by atoms with Crippen molar-refractivity contribution in [3.63, 3.8) is 0 Å². The van der Waals surface area contributed by atoms with Crippen LogP contribution in [0.4, 0.5) is 0 Å². The fraction of sp³-hybridized carbons (Fsp3) is 0.750. The van der Waals surface area contributed by atoms with E-state index in [1.165, 1.54) is 31.2 Å². The van der Waals surface area contributed by atoms with Crippen LogP contribution in [0.3, 0.4) is 0 Å². The predicted octanol–water partition coefficient (Wildman–Crippen LogP) is 4.02. The molecule has 1 fully saturated rings. The first-order valence-electron chi connectivity index (χ1n) is 7.38. The quantitative estimate of drug-likeness (QED) is 0.852. The minimum atomic E-state index is 0.467. The SMILES string of the molecule is CCNC(Cc1ccoc1)C1CCCCC1(C)C. The molecule has 0 amide bonds. The van der Waals surface area contributed by atoms with Crippen LogP contribution in [0.25, 0.3) is 0 Å². The third kappa shape index (κ3) is 3.17. The van der Waals surface area contributed by atoms with Crippen LogP contribution in [-0.2, 0) is 6.42 Å². The number of hydrogen-bond donors (Lipinski definition) is 1. The Morgan fingerprint density at radius 3 is 2.89 bits per heavy atom. The third-order valence-electron chi connectivity index (χ3n) is 4.58. The first-order valence-corrected chi connectivity index (χ1v) is 7.38. The maximum atomic E-state index is 5.21. The van der Waals surface area contributed by atoms with E-state index in [-0.39, 0.29) is 0 Å². The van der Waals surface area contributed by atoms with Gasteiger partial charge in [0.15, 0.2) is 0 Å². The molecule has 1 aromatic rings. The second-order valence-corrected chi connectivity index (χ2v) is 6.34. The molecule has 1 N–H and O–H groups in total. The fourth-order valence-corrected chi connectivity index (χ4v) is 3.55. The molecule has 2 heteroatoms. The molecule has 1 aliphatic carbocycles. The molecule has 2 nitrogen and oxygen atoms in total. The molecule has 0 saturated heterocycles. The molecule has 2 atom stereocenters. The Morgan fingerprint density at radius 2 is 2.28 bits per heavy atom. The van der Waals surface area contributed by atoms with Crippen LogP contribution in [0.1, 0.15) is 52.0 Å². The van der Waals surface area contributed by atoms with Gasteiger partial charge in [-0.3, -0.25) is 0 Å². The van der Waals surface area contributed by atoms with E-state index >= 15 is 0 Å². The molecule has 1 heterocycles. The van der Waals surface area contributed by atoms with Gasteiger partial charge in [-0.1, -0.05) is 33.6 Å². The van der Waals surface area contributed by atoms with Crippen molar-refractivity contribution < 1.29 is 4.42 Å². The zero-order valence-electron chi connectivity index (χ0n) is 12.0. The molecule has 0 aliphatic heterocycles. The lowest BCUT2D eigenvalue weighted by molar-refractivity contribution is 0.0987. The van der Waals surface area contributed by atoms with E-state index in [0.717, 1.165) is 18.9 Å². The number of hydrogen-bond acceptors (Lipinski definition) is 2. The molecule has 1 saturated carbocycles. The summed E-state index contributed by atoms with van der Waals surface area (Å²) in [5.74, 6) is 0.779. The van der Waals surface area contributed by atoms with Crippen molar-refractivity contribution in [2.75, 3.05) is 6.54 Å². The Kier molecular flexibility index (Phi) is 4.50. The first-order chi connectivity index (χ1) is 8.63. The van der Waals surface area contributed by atoms with Crippen molar-refractivity contribution in [2.45, 2.75) is 58.9 Å². The Bertz CT molecular complexity index is 342. The van der Waals surface area contributed by atoms with Gasteiger partial charge in [-0.2, -0.15) is 0 Å². The molecule has 1 aliphatic rings. The minimum absolute atomic E-state index is 0.467. The lowest BCUT2D eigenvalue weighted by Crippen LogP contribution is -2.46. The van der Waals surface area contributed by atoms with Crippen LogP contribution in [-0.4, -0.2) is 12.6 Å². The molecule has 0 aromatic carbocycles. The number of furan rings is 1. The van der Waals surface area contributed by atoms with Crippen LogP contribution < -0.4 is 5.32 Å². The van der Waals surface area contributed by atoms with Crippen molar-refractivity contribution in [3.8, 4) is 0 Å². The second-order valence-electron chi connectivity index (χ2n) is 6.34. The van der Waals surface area contributed by atoms with E-state index in [9.17, 15) is 0 Å². The highest BCUT2D eigenvalue weighted by Gasteiger charge is 2.37. The maximum absolute atomic E-state index is 5.21. The molecule has 18 heavy (non-hydrogen) atoms. The van der Waals surface area contributed by atoms with E-state index in [1.807, 2.05) is 6.26 Å². The molecule has 0 bridgehead atoms. The molecular weight excluding hydrogens is 222 g/mol. The maximum Gasteiger partial charge on any atom is 0.0935 e. The van der Waals surface area contributed by atoms with E-state index < -0.39 is 0 Å². The van der Waals surface area contributed by atoms with Crippen LogP contribution >= 0.6 is 0 Å². The zero-order chi connectivity index (χ0) is 13.0. The van der Waals surface area contributed by atoms with Gasteiger partial charge in [-0.15, -0.1) is 0 Å². The summed E-state index contributed by atoms with van der Waals surface area (Å²) in [6, 6.07) is 2.68. The van der Waals surface area contributed by atoms with Crippen LogP contribution in [0.15, 0.2) is 23.0 Å². The van der Waals surface area contributed by atoms with Gasteiger partial charge >= 0.3 is 0 Å². The normalized spacial score (nSPS) is 24.9. The summed E-state index contributed by atoms with van der Waals surface area (Å²) in [5.41, 5.74) is 1.79. The lowest BCUT2D eigenvalue weighted by Gasteiger charge is -2.43. The summed E-state index contributed by atoms with van der Waals surface area (Å²) in [7, 11) is 0. The van der Waals surface area contributed by atoms with E-state index in [4.69, 9.17) is 4.42 Å². The molecule has 1 aromatic heterocycles. The number of likely N-dealkylation sites (N-methyl/N-ethyl adjacent to an activating group) is 1. The van der Waals surface area contributed by atoms with Gasteiger partial charge in [0.2, 0.25) is 0 Å². The molecule has 102 valence electrons. The summed E-state index contributed by atoms with van der Waals surface area (Å²) in [5, 5.41) is 3.70. The van der Waals surface area contributed by atoms with Crippen LogP contribution in [0.5, 0.6) is 0 Å². The molecule has 0 radical (unpaired) electrons. The summed E-state index contributed by atoms with van der Waals surface area (Å²) in [6.07, 6.45) is 10.3. The average Bonchev–Trinajstić information content (AvgIpc) is 2.81. The van der Waals surface area contributed by atoms with Gasteiger partial charge < -0.3 is 9.73 Å². The second kappa shape index (κ2) is 5.92. The third-order valence-corrected chi connectivity index (χ3v) is 4.58. The van der Waals surface area contributed by atoms with E-state index in [1.54, 1.807) is 6.26 Å². The van der Waals surface area contributed by atoms with Gasteiger partial charge in [-0.05, 0) is 48.8 Å². The standard InChI is InChI=1S/C16H27NO/c1-4-17-15(11-13-8-10-18-12-13)14-7-5-6-9-16(14,2)3/h8,10,12,14-15,17H,4-7,9,11H2,1-3H3. The van der Waals surface area contributed by atoms with Crippen molar-refractivity contribution in [1.82, 2.24) is 5.32 Å². The minimum Gasteiger partial charge on any atom is -0.472 e. The van der Waals surface area contributed by atoms with Crippen molar-refractivity contribution >= 4 is 0 Å². The summed E-state index contributed by atoms with van der Waals surface area (Å²) in [4.78, 5) is 0. The van der Waals surface area contributed by atoms with Gasteiger partial charge in [0, 0.05) is 6.04 Å². The average molecular weight is 249 g/mol. The van der Waals surface area contributed by atoms with Crippen molar-refractivity contribution in [3.05, 3.63) is 24.2 Å². The molecular formula is C16H27NO. The Balaban J connectivity index is 2.08. The number of nitrogens with one attached hydrogen (secondary N) is 1. The van der Waals surface area contributed by atoms with Gasteiger partial charge in [0.05, 0.1) is 12.5 Å². The topological polar surface area (TPSA) is 25.2 Å². The van der Waals surface area contributed by atoms with Gasteiger partial charge in [0.1, 0.15) is 0 Å². The predicted molar refractivity (Wildman–Crippen MR) is 75.6 cm³/mol. The van der Waals surface area contributed by atoms with Gasteiger partial charge in [0.25, 0.3) is 0 Å². The summed E-state index contributed by atoms with van der Waals surface area (Å²) in [6.45, 7) is 8.14. The highest BCUT2D eigenvalue weighted by atomic mass is 16.3. The van der Waals surface area contributed by atoms with Crippen molar-refractivity contribution in [1.29, 1.82) is 0 Å². The van der Waals surface area contributed by atoms with Crippen LogP contribution in [0, 0.1) is 11.3 Å². The smallest absolute Gasteiger partial charge is 0.0935 e. The highest BCUT2D eigenvalue weighted by Crippen LogP contribution is 2.42. The van der Waals surface area contributed by atoms with Gasteiger partial charge in [-0.25, -0.2) is 0 Å². The largest absolute Gasteiger partial charge is 0.472 e.